The fourth-order valence-corrected chi connectivity index (χ4v) is 2.68. The molecule has 0 amide bonds. The number of aromatic nitrogens is 3. The van der Waals surface area contributed by atoms with Crippen molar-refractivity contribution in [2.75, 3.05) is 28.4 Å². The summed E-state index contributed by atoms with van der Waals surface area (Å²) in [6.07, 6.45) is 0. The zero-order valence-electron chi connectivity index (χ0n) is 14.9. The standard InChI is InChI=1S/C18H19N3O5/c1-23-13-6-5-10(7-12(13)22)17-18(20-21-19-17)11-8-15(25-3)16(26-4)9-14(11)24-2/h5-9,22H,1-4H3,(H,19,20,21). The Kier molecular flexibility index (Phi) is 4.83. The van der Waals surface area contributed by atoms with Crippen LogP contribution in [-0.2, 0) is 0 Å². The van der Waals surface area contributed by atoms with E-state index < -0.39 is 0 Å². The second-order valence-electron chi connectivity index (χ2n) is 5.33. The minimum Gasteiger partial charge on any atom is -0.504 e. The summed E-state index contributed by atoms with van der Waals surface area (Å²) in [5.74, 6) is 2.03. The largest absolute Gasteiger partial charge is 0.504 e. The van der Waals surface area contributed by atoms with Crippen LogP contribution in [0.5, 0.6) is 28.7 Å². The first kappa shape index (κ1) is 17.4. The number of aromatic hydroxyl groups is 1. The van der Waals surface area contributed by atoms with Crippen LogP contribution in [0, 0.1) is 0 Å². The monoisotopic (exact) mass is 357 g/mol. The number of phenols is 1. The van der Waals surface area contributed by atoms with Crippen LogP contribution in [0.4, 0.5) is 0 Å². The summed E-state index contributed by atoms with van der Waals surface area (Å²) < 4.78 is 21.2. The van der Waals surface area contributed by atoms with Crippen molar-refractivity contribution in [2.45, 2.75) is 0 Å². The van der Waals surface area contributed by atoms with Gasteiger partial charge in [0.2, 0.25) is 0 Å². The minimum atomic E-state index is 0.0184. The van der Waals surface area contributed by atoms with Gasteiger partial charge in [0, 0.05) is 11.6 Å². The zero-order valence-corrected chi connectivity index (χ0v) is 14.9. The van der Waals surface area contributed by atoms with Crippen LogP contribution in [0.3, 0.4) is 0 Å². The molecule has 0 aliphatic rings. The SMILES string of the molecule is COc1ccc(-c2[nH]nnc2-c2cc(OC)c(OC)cc2OC)cc1O. The molecule has 26 heavy (non-hydrogen) atoms. The van der Waals surface area contributed by atoms with Crippen LogP contribution in [0.2, 0.25) is 0 Å². The van der Waals surface area contributed by atoms with E-state index in [4.69, 9.17) is 18.9 Å². The maximum atomic E-state index is 10.1. The van der Waals surface area contributed by atoms with E-state index in [1.54, 1.807) is 51.7 Å². The smallest absolute Gasteiger partial charge is 0.164 e. The van der Waals surface area contributed by atoms with E-state index in [0.29, 0.717) is 45.5 Å². The Balaban J connectivity index is 2.15. The number of nitrogens with zero attached hydrogens (tertiary/aromatic N) is 2. The van der Waals surface area contributed by atoms with Gasteiger partial charge in [0.05, 0.1) is 39.7 Å². The Morgan fingerprint density at radius 2 is 1.46 bits per heavy atom. The van der Waals surface area contributed by atoms with Gasteiger partial charge in [-0.3, -0.25) is 5.10 Å². The molecule has 136 valence electrons. The van der Waals surface area contributed by atoms with Crippen molar-refractivity contribution < 1.29 is 24.1 Å². The van der Waals surface area contributed by atoms with Crippen molar-refractivity contribution in [1.82, 2.24) is 15.4 Å². The van der Waals surface area contributed by atoms with Crippen LogP contribution in [-0.4, -0.2) is 49.0 Å². The fourth-order valence-electron chi connectivity index (χ4n) is 2.68. The normalized spacial score (nSPS) is 10.5. The average Bonchev–Trinajstić information content (AvgIpc) is 3.16. The van der Waals surface area contributed by atoms with E-state index >= 15 is 0 Å². The first-order valence-corrected chi connectivity index (χ1v) is 7.71. The topological polar surface area (TPSA) is 98.7 Å². The van der Waals surface area contributed by atoms with E-state index in [1.165, 1.54) is 7.11 Å². The van der Waals surface area contributed by atoms with E-state index in [0.717, 1.165) is 0 Å². The first-order chi connectivity index (χ1) is 12.6. The molecular formula is C18H19N3O5. The maximum absolute atomic E-state index is 10.1. The van der Waals surface area contributed by atoms with Gasteiger partial charge < -0.3 is 24.1 Å². The number of phenolic OH excluding ortho intramolecular Hbond substituents is 1. The van der Waals surface area contributed by atoms with Crippen molar-refractivity contribution in [3.05, 3.63) is 30.3 Å². The summed E-state index contributed by atoms with van der Waals surface area (Å²) in [6.45, 7) is 0. The molecule has 0 aliphatic heterocycles. The number of ether oxygens (including phenoxy) is 4. The molecule has 3 aromatic rings. The molecule has 0 unspecified atom stereocenters. The van der Waals surface area contributed by atoms with E-state index in [2.05, 4.69) is 15.4 Å². The molecular weight excluding hydrogens is 338 g/mol. The number of aromatic amines is 1. The quantitative estimate of drug-likeness (QED) is 0.700. The molecule has 0 bridgehead atoms. The molecule has 8 heteroatoms. The van der Waals surface area contributed by atoms with Gasteiger partial charge in [-0.15, -0.1) is 5.10 Å². The summed E-state index contributed by atoms with van der Waals surface area (Å²) in [5.41, 5.74) is 2.53. The Labute approximate surface area is 150 Å². The van der Waals surface area contributed by atoms with Crippen molar-refractivity contribution in [3.63, 3.8) is 0 Å². The molecule has 2 aromatic carbocycles. The lowest BCUT2D eigenvalue weighted by Crippen LogP contribution is -1.96. The van der Waals surface area contributed by atoms with Gasteiger partial charge in [-0.2, -0.15) is 0 Å². The molecule has 0 saturated carbocycles. The zero-order chi connectivity index (χ0) is 18.7. The van der Waals surface area contributed by atoms with Crippen LogP contribution in [0.25, 0.3) is 22.5 Å². The minimum absolute atomic E-state index is 0.0184. The molecule has 0 atom stereocenters. The Morgan fingerprint density at radius 1 is 0.808 bits per heavy atom. The fraction of sp³-hybridized carbons (Fsp3) is 0.222. The molecule has 8 nitrogen and oxygen atoms in total. The van der Waals surface area contributed by atoms with Crippen molar-refractivity contribution in [2.24, 2.45) is 0 Å². The lowest BCUT2D eigenvalue weighted by Gasteiger charge is -2.13. The molecule has 3 rings (SSSR count). The summed E-state index contributed by atoms with van der Waals surface area (Å²) in [7, 11) is 6.16. The van der Waals surface area contributed by atoms with Gasteiger partial charge in [-0.05, 0) is 24.3 Å². The van der Waals surface area contributed by atoms with Crippen LogP contribution < -0.4 is 18.9 Å². The summed E-state index contributed by atoms with van der Waals surface area (Å²) in [6, 6.07) is 8.52. The van der Waals surface area contributed by atoms with Crippen molar-refractivity contribution in [1.29, 1.82) is 0 Å². The van der Waals surface area contributed by atoms with Gasteiger partial charge >= 0.3 is 0 Å². The molecule has 0 spiro atoms. The van der Waals surface area contributed by atoms with E-state index in [-0.39, 0.29) is 5.75 Å². The van der Waals surface area contributed by atoms with Crippen LogP contribution in [0.15, 0.2) is 30.3 Å². The second-order valence-corrected chi connectivity index (χ2v) is 5.33. The molecule has 1 heterocycles. The lowest BCUT2D eigenvalue weighted by atomic mass is 10.0. The first-order valence-electron chi connectivity index (χ1n) is 7.71. The Hall–Kier alpha value is -3.42. The van der Waals surface area contributed by atoms with Crippen molar-refractivity contribution >= 4 is 0 Å². The number of hydrogen-bond donors (Lipinski definition) is 2. The second kappa shape index (κ2) is 7.22. The third kappa shape index (κ3) is 2.97. The molecule has 0 saturated heterocycles. The lowest BCUT2D eigenvalue weighted by molar-refractivity contribution is 0.349. The highest BCUT2D eigenvalue weighted by Crippen LogP contribution is 2.42. The Bertz CT molecular complexity index is 923. The van der Waals surface area contributed by atoms with Gasteiger partial charge in [0.1, 0.15) is 11.4 Å². The third-order valence-electron chi connectivity index (χ3n) is 3.98. The molecule has 2 N–H and O–H groups in total. The van der Waals surface area contributed by atoms with Gasteiger partial charge in [-0.1, -0.05) is 5.21 Å². The van der Waals surface area contributed by atoms with Gasteiger partial charge in [0.25, 0.3) is 0 Å². The Morgan fingerprint density at radius 3 is 2.08 bits per heavy atom. The van der Waals surface area contributed by atoms with Gasteiger partial charge in [-0.25, -0.2) is 0 Å². The number of methoxy groups -OCH3 is 4. The number of nitrogens with one attached hydrogen (secondary N) is 1. The highest BCUT2D eigenvalue weighted by atomic mass is 16.5. The van der Waals surface area contributed by atoms with Crippen molar-refractivity contribution in [3.8, 4) is 51.3 Å². The number of H-pyrrole nitrogens is 1. The highest BCUT2D eigenvalue weighted by molar-refractivity contribution is 5.83. The highest BCUT2D eigenvalue weighted by Gasteiger charge is 2.20. The maximum Gasteiger partial charge on any atom is 0.164 e. The molecule has 1 aromatic heterocycles. The number of benzene rings is 2. The number of hydrogen-bond acceptors (Lipinski definition) is 7. The van der Waals surface area contributed by atoms with Gasteiger partial charge in [0.15, 0.2) is 23.0 Å². The van der Waals surface area contributed by atoms with Crippen LogP contribution >= 0.6 is 0 Å². The van der Waals surface area contributed by atoms with E-state index in [1.807, 2.05) is 0 Å². The number of rotatable bonds is 6. The predicted octanol–water partition coefficient (Wildman–Crippen LogP) is 2.88. The van der Waals surface area contributed by atoms with E-state index in [9.17, 15) is 5.11 Å². The summed E-state index contributed by atoms with van der Waals surface area (Å²) in [5, 5.41) is 21.0. The van der Waals surface area contributed by atoms with Crippen LogP contribution in [0.1, 0.15) is 0 Å². The third-order valence-corrected chi connectivity index (χ3v) is 3.98. The average molecular weight is 357 g/mol. The summed E-state index contributed by atoms with van der Waals surface area (Å²) >= 11 is 0. The summed E-state index contributed by atoms with van der Waals surface area (Å²) in [4.78, 5) is 0. The molecule has 0 aliphatic carbocycles. The molecule has 0 radical (unpaired) electrons. The predicted molar refractivity (Wildman–Crippen MR) is 95.1 cm³/mol. The molecule has 0 fully saturated rings.